The van der Waals surface area contributed by atoms with Gasteiger partial charge in [0.2, 0.25) is 0 Å². The van der Waals surface area contributed by atoms with Gasteiger partial charge in [-0.15, -0.1) is 0 Å². The summed E-state index contributed by atoms with van der Waals surface area (Å²) in [5, 5.41) is 29.7. The Morgan fingerprint density at radius 2 is 1.80 bits per heavy atom. The molecule has 1 rings (SSSR count). The Kier molecular flexibility index (Phi) is 12.7. The van der Waals surface area contributed by atoms with Crippen molar-refractivity contribution in [1.82, 2.24) is 0 Å². The molecule has 0 aliphatic rings. The van der Waals surface area contributed by atoms with Crippen LogP contribution in [-0.2, 0) is 17.6 Å². The van der Waals surface area contributed by atoms with Crippen molar-refractivity contribution >= 4 is 5.97 Å². The molecule has 3 N–H and O–H groups in total. The second kappa shape index (κ2) is 14.4. The number of carboxylic acid groups (broad SMARTS) is 1. The SMILES string of the molecule is CCCCC[C@H](O)CC[C@H](C)[C@H](O)C[C@@H](C)Cc1c(CC)cccc1OCC(=O)O. The van der Waals surface area contributed by atoms with Crippen molar-refractivity contribution in [2.75, 3.05) is 6.61 Å². The maximum Gasteiger partial charge on any atom is 0.341 e. The van der Waals surface area contributed by atoms with Gasteiger partial charge in [-0.25, -0.2) is 4.79 Å². The number of carbonyl (C=O) groups is 1. The summed E-state index contributed by atoms with van der Waals surface area (Å²) in [5.74, 6) is 0.00704. The molecule has 1 aromatic carbocycles. The van der Waals surface area contributed by atoms with Crippen LogP contribution in [0, 0.1) is 11.8 Å². The van der Waals surface area contributed by atoms with E-state index in [1.165, 1.54) is 0 Å². The van der Waals surface area contributed by atoms with Gasteiger partial charge in [0.05, 0.1) is 12.2 Å². The van der Waals surface area contributed by atoms with Gasteiger partial charge in [0.1, 0.15) is 5.75 Å². The van der Waals surface area contributed by atoms with E-state index >= 15 is 0 Å². The van der Waals surface area contributed by atoms with E-state index in [1.807, 2.05) is 12.1 Å². The zero-order valence-corrected chi connectivity index (χ0v) is 19.3. The van der Waals surface area contributed by atoms with Gasteiger partial charge in [0.15, 0.2) is 6.61 Å². The van der Waals surface area contributed by atoms with Crippen molar-refractivity contribution in [3.8, 4) is 5.75 Å². The smallest absolute Gasteiger partial charge is 0.341 e. The van der Waals surface area contributed by atoms with Crippen LogP contribution in [0.15, 0.2) is 18.2 Å². The lowest BCUT2D eigenvalue weighted by Gasteiger charge is -2.24. The van der Waals surface area contributed by atoms with Crippen molar-refractivity contribution in [3.05, 3.63) is 29.3 Å². The molecule has 5 nitrogen and oxygen atoms in total. The van der Waals surface area contributed by atoms with E-state index in [-0.39, 0.29) is 24.5 Å². The molecule has 1 aromatic rings. The average Bonchev–Trinajstić information content (AvgIpc) is 2.71. The molecule has 0 saturated carbocycles. The lowest BCUT2D eigenvalue weighted by Crippen LogP contribution is -2.23. The standard InChI is InChI=1S/C25H42O5/c1-5-7-8-11-21(26)14-13-19(4)23(27)16-18(3)15-22-20(6-2)10-9-12-24(22)30-17-25(28)29/h9-10,12,18-19,21,23,26-27H,5-8,11,13-17H2,1-4H3,(H,28,29)/t18-,19-,21-,23+/m0/s1. The fraction of sp³-hybridized carbons (Fsp3) is 0.720. The summed E-state index contributed by atoms with van der Waals surface area (Å²) in [5.41, 5.74) is 2.20. The predicted molar refractivity (Wildman–Crippen MR) is 121 cm³/mol. The minimum absolute atomic E-state index is 0.137. The minimum atomic E-state index is -0.989. The van der Waals surface area contributed by atoms with E-state index in [1.54, 1.807) is 0 Å². The second-order valence-corrected chi connectivity index (χ2v) is 8.75. The zero-order chi connectivity index (χ0) is 22.5. The molecule has 0 saturated heterocycles. The van der Waals surface area contributed by atoms with E-state index < -0.39 is 12.1 Å². The monoisotopic (exact) mass is 422 g/mol. The van der Waals surface area contributed by atoms with Gasteiger partial charge < -0.3 is 20.1 Å². The number of carboxylic acids is 1. The first-order valence-electron chi connectivity index (χ1n) is 11.6. The Morgan fingerprint density at radius 1 is 1.07 bits per heavy atom. The van der Waals surface area contributed by atoms with E-state index in [2.05, 4.69) is 33.8 Å². The van der Waals surface area contributed by atoms with Gasteiger partial charge in [-0.3, -0.25) is 0 Å². The molecule has 0 aliphatic heterocycles. The van der Waals surface area contributed by atoms with Gasteiger partial charge in [-0.2, -0.15) is 0 Å². The van der Waals surface area contributed by atoms with Crippen LogP contribution in [0.25, 0.3) is 0 Å². The number of aryl methyl sites for hydroxylation is 1. The molecule has 30 heavy (non-hydrogen) atoms. The van der Waals surface area contributed by atoms with Gasteiger partial charge in [-0.1, -0.05) is 59.1 Å². The van der Waals surface area contributed by atoms with Crippen molar-refractivity contribution in [2.24, 2.45) is 11.8 Å². The molecule has 0 bridgehead atoms. The maximum absolute atomic E-state index is 10.9. The number of ether oxygens (including phenoxy) is 1. The number of unbranched alkanes of at least 4 members (excludes halogenated alkanes) is 2. The number of aliphatic carboxylic acids is 1. The van der Waals surface area contributed by atoms with Gasteiger partial charge in [0, 0.05) is 0 Å². The highest BCUT2D eigenvalue weighted by atomic mass is 16.5. The van der Waals surface area contributed by atoms with Crippen LogP contribution < -0.4 is 4.74 Å². The molecular weight excluding hydrogens is 380 g/mol. The Hall–Kier alpha value is -1.59. The summed E-state index contributed by atoms with van der Waals surface area (Å²) in [6.45, 7) is 8.05. The third-order valence-corrected chi connectivity index (χ3v) is 5.91. The van der Waals surface area contributed by atoms with E-state index in [0.29, 0.717) is 12.2 Å². The highest BCUT2D eigenvalue weighted by Crippen LogP contribution is 2.29. The normalized spacial score (nSPS) is 15.4. The summed E-state index contributed by atoms with van der Waals surface area (Å²) >= 11 is 0. The van der Waals surface area contributed by atoms with Crippen LogP contribution in [0.2, 0.25) is 0 Å². The Morgan fingerprint density at radius 3 is 2.43 bits per heavy atom. The fourth-order valence-electron chi connectivity index (χ4n) is 3.95. The second-order valence-electron chi connectivity index (χ2n) is 8.75. The molecule has 0 amide bonds. The van der Waals surface area contributed by atoms with Crippen LogP contribution in [0.5, 0.6) is 5.75 Å². The number of hydrogen-bond donors (Lipinski definition) is 3. The molecule has 0 unspecified atom stereocenters. The Balaban J connectivity index is 2.59. The number of benzene rings is 1. The Labute approximate surface area is 182 Å². The molecule has 0 spiro atoms. The van der Waals surface area contributed by atoms with Crippen LogP contribution in [0.1, 0.15) is 83.8 Å². The Bertz CT molecular complexity index is 616. The summed E-state index contributed by atoms with van der Waals surface area (Å²) < 4.78 is 5.51. The van der Waals surface area contributed by atoms with E-state index in [9.17, 15) is 15.0 Å². The van der Waals surface area contributed by atoms with Crippen LogP contribution in [0.4, 0.5) is 0 Å². The maximum atomic E-state index is 10.9. The van der Waals surface area contributed by atoms with E-state index in [0.717, 1.165) is 62.5 Å². The molecule has 5 heteroatoms. The van der Waals surface area contributed by atoms with Gasteiger partial charge in [-0.05, 0) is 67.6 Å². The highest BCUT2D eigenvalue weighted by Gasteiger charge is 2.21. The van der Waals surface area contributed by atoms with Crippen molar-refractivity contribution in [1.29, 1.82) is 0 Å². The summed E-state index contributed by atoms with van der Waals surface area (Å²) in [6.07, 6.45) is 7.35. The highest BCUT2D eigenvalue weighted by molar-refractivity contribution is 5.68. The third-order valence-electron chi connectivity index (χ3n) is 5.91. The number of rotatable bonds is 16. The third kappa shape index (κ3) is 9.94. The zero-order valence-electron chi connectivity index (χ0n) is 19.3. The number of hydrogen-bond acceptors (Lipinski definition) is 4. The molecule has 4 atom stereocenters. The fourth-order valence-corrected chi connectivity index (χ4v) is 3.95. The van der Waals surface area contributed by atoms with E-state index in [4.69, 9.17) is 9.84 Å². The van der Waals surface area contributed by atoms with Crippen molar-refractivity contribution < 1.29 is 24.9 Å². The minimum Gasteiger partial charge on any atom is -0.482 e. The number of aliphatic hydroxyl groups excluding tert-OH is 2. The largest absolute Gasteiger partial charge is 0.482 e. The lowest BCUT2D eigenvalue weighted by molar-refractivity contribution is -0.139. The van der Waals surface area contributed by atoms with Gasteiger partial charge >= 0.3 is 5.97 Å². The first-order valence-corrected chi connectivity index (χ1v) is 11.6. The summed E-state index contributed by atoms with van der Waals surface area (Å²) in [7, 11) is 0. The van der Waals surface area contributed by atoms with Crippen LogP contribution in [0.3, 0.4) is 0 Å². The number of aliphatic hydroxyl groups is 2. The molecule has 0 heterocycles. The average molecular weight is 423 g/mol. The molecular formula is C25H42O5. The molecule has 0 fully saturated rings. The first kappa shape index (κ1) is 26.4. The van der Waals surface area contributed by atoms with Gasteiger partial charge in [0.25, 0.3) is 0 Å². The predicted octanol–water partition coefficient (Wildman–Crippen LogP) is 5.00. The van der Waals surface area contributed by atoms with Crippen molar-refractivity contribution in [2.45, 2.75) is 97.7 Å². The summed E-state index contributed by atoms with van der Waals surface area (Å²) in [4.78, 5) is 10.9. The summed E-state index contributed by atoms with van der Waals surface area (Å²) in [6, 6.07) is 5.77. The molecule has 0 aliphatic carbocycles. The van der Waals surface area contributed by atoms with Crippen molar-refractivity contribution in [3.63, 3.8) is 0 Å². The quantitative estimate of drug-likeness (QED) is 0.326. The molecule has 172 valence electrons. The van der Waals surface area contributed by atoms with Crippen LogP contribution in [-0.4, -0.2) is 40.1 Å². The first-order chi connectivity index (χ1) is 14.3. The lowest BCUT2D eigenvalue weighted by atomic mass is 9.86. The molecule has 0 radical (unpaired) electrons. The molecule has 0 aromatic heterocycles. The topological polar surface area (TPSA) is 87.0 Å². The van der Waals surface area contributed by atoms with Crippen LogP contribution >= 0.6 is 0 Å².